The van der Waals surface area contributed by atoms with Gasteiger partial charge in [-0.25, -0.2) is 4.98 Å². The van der Waals surface area contributed by atoms with E-state index in [-0.39, 0.29) is 18.3 Å². The van der Waals surface area contributed by atoms with Crippen molar-refractivity contribution < 1.29 is 4.79 Å². The number of para-hydroxylation sites is 1. The van der Waals surface area contributed by atoms with Crippen molar-refractivity contribution in [3.05, 3.63) is 23.8 Å². The predicted octanol–water partition coefficient (Wildman–Crippen LogP) is 2.31. The first-order valence-electron chi connectivity index (χ1n) is 5.00. The molecule has 0 radical (unpaired) electrons. The summed E-state index contributed by atoms with van der Waals surface area (Å²) in [5.74, 6) is -0.211. The molecule has 92 valence electrons. The summed E-state index contributed by atoms with van der Waals surface area (Å²) in [5.41, 5.74) is 7.52. The minimum atomic E-state index is -0.520. The summed E-state index contributed by atoms with van der Waals surface area (Å²) in [7, 11) is 0. The van der Waals surface area contributed by atoms with Gasteiger partial charge >= 0.3 is 0 Å². The van der Waals surface area contributed by atoms with Crippen molar-refractivity contribution in [2.24, 2.45) is 5.73 Å². The van der Waals surface area contributed by atoms with Gasteiger partial charge in [-0.15, -0.1) is 12.4 Å². The number of nitrogens with one attached hydrogen (secondary N) is 1. The number of carbonyl (C=O) groups is 1. The van der Waals surface area contributed by atoms with Crippen LogP contribution in [0.4, 0.5) is 5.13 Å². The number of carbonyl (C=O) groups excluding carboxylic acids is 1. The molecule has 4 nitrogen and oxygen atoms in total. The second-order valence-electron chi connectivity index (χ2n) is 3.72. The van der Waals surface area contributed by atoms with Crippen LogP contribution in [0.5, 0.6) is 0 Å². The first kappa shape index (κ1) is 13.9. The van der Waals surface area contributed by atoms with Crippen molar-refractivity contribution in [1.29, 1.82) is 0 Å². The van der Waals surface area contributed by atoms with Crippen molar-refractivity contribution >= 4 is 45.0 Å². The Bertz CT molecular complexity index is 538. The first-order chi connectivity index (χ1) is 7.58. The Balaban J connectivity index is 0.00000144. The number of benzene rings is 1. The molecule has 3 N–H and O–H groups in total. The molecule has 2 aromatic rings. The fourth-order valence-corrected chi connectivity index (χ4v) is 2.31. The highest BCUT2D eigenvalue weighted by atomic mass is 35.5. The van der Waals surface area contributed by atoms with Crippen molar-refractivity contribution in [1.82, 2.24) is 4.98 Å². The van der Waals surface area contributed by atoms with Crippen LogP contribution >= 0.6 is 23.7 Å². The van der Waals surface area contributed by atoms with E-state index >= 15 is 0 Å². The number of aryl methyl sites for hydroxylation is 1. The van der Waals surface area contributed by atoms with Crippen LogP contribution in [-0.2, 0) is 4.79 Å². The summed E-state index contributed by atoms with van der Waals surface area (Å²) >= 11 is 1.46. The van der Waals surface area contributed by atoms with Crippen molar-refractivity contribution in [3.8, 4) is 0 Å². The summed E-state index contributed by atoms with van der Waals surface area (Å²) < 4.78 is 1.07. The zero-order valence-electron chi connectivity index (χ0n) is 9.56. The Morgan fingerprint density at radius 1 is 1.53 bits per heavy atom. The summed E-state index contributed by atoms with van der Waals surface area (Å²) in [6, 6.07) is 5.45. The number of amides is 1. The second kappa shape index (κ2) is 5.44. The van der Waals surface area contributed by atoms with Crippen LogP contribution in [0.1, 0.15) is 12.5 Å². The Hall–Kier alpha value is -1.17. The SMILES string of the molecule is Cc1cccc2sc(NC(=O)[C@@H](C)N)nc12.Cl. The molecule has 1 aromatic carbocycles. The number of halogens is 1. The van der Waals surface area contributed by atoms with Gasteiger partial charge in [0, 0.05) is 0 Å². The van der Waals surface area contributed by atoms with E-state index in [0.29, 0.717) is 5.13 Å². The number of nitrogens with zero attached hydrogens (tertiary/aromatic N) is 1. The lowest BCUT2D eigenvalue weighted by Crippen LogP contribution is -2.32. The van der Waals surface area contributed by atoms with Crippen LogP contribution in [0.2, 0.25) is 0 Å². The molecule has 1 atom stereocenters. The van der Waals surface area contributed by atoms with E-state index in [9.17, 15) is 4.79 Å². The number of rotatable bonds is 2. The van der Waals surface area contributed by atoms with Crippen molar-refractivity contribution in [3.63, 3.8) is 0 Å². The molecule has 0 saturated heterocycles. The molecule has 0 aliphatic rings. The molecule has 0 saturated carbocycles. The van der Waals surface area contributed by atoms with Crippen LogP contribution in [-0.4, -0.2) is 16.9 Å². The van der Waals surface area contributed by atoms with Gasteiger partial charge in [-0.2, -0.15) is 0 Å². The molecule has 1 heterocycles. The average molecular weight is 272 g/mol. The average Bonchev–Trinajstić information content (AvgIpc) is 2.61. The van der Waals surface area contributed by atoms with E-state index in [0.717, 1.165) is 15.8 Å². The number of hydrogen-bond acceptors (Lipinski definition) is 4. The van der Waals surface area contributed by atoms with E-state index in [2.05, 4.69) is 10.3 Å². The minimum Gasteiger partial charge on any atom is -0.320 e. The maximum Gasteiger partial charge on any atom is 0.242 e. The Labute approximate surface area is 110 Å². The van der Waals surface area contributed by atoms with Crippen LogP contribution in [0.25, 0.3) is 10.2 Å². The fraction of sp³-hybridized carbons (Fsp3) is 0.273. The van der Waals surface area contributed by atoms with Crippen molar-refractivity contribution in [2.75, 3.05) is 5.32 Å². The monoisotopic (exact) mass is 271 g/mol. The van der Waals surface area contributed by atoms with E-state index < -0.39 is 6.04 Å². The number of anilines is 1. The standard InChI is InChI=1S/C11H13N3OS.ClH/c1-6-4-3-5-8-9(6)13-11(16-8)14-10(15)7(2)12;/h3-5,7H,12H2,1-2H3,(H,13,14,15);1H/t7-;/m1./s1. The highest BCUT2D eigenvalue weighted by Gasteiger charge is 2.11. The number of aromatic nitrogens is 1. The predicted molar refractivity (Wildman–Crippen MR) is 73.9 cm³/mol. The van der Waals surface area contributed by atoms with Crippen LogP contribution < -0.4 is 11.1 Å². The summed E-state index contributed by atoms with van der Waals surface area (Å²) in [4.78, 5) is 15.8. The normalized spacial score (nSPS) is 11.9. The third-order valence-electron chi connectivity index (χ3n) is 2.26. The highest BCUT2D eigenvalue weighted by Crippen LogP contribution is 2.27. The van der Waals surface area contributed by atoms with E-state index in [1.807, 2.05) is 25.1 Å². The Morgan fingerprint density at radius 3 is 2.82 bits per heavy atom. The summed E-state index contributed by atoms with van der Waals surface area (Å²) in [5, 5.41) is 3.30. The van der Waals surface area contributed by atoms with Gasteiger partial charge in [-0.05, 0) is 25.5 Å². The molecule has 2 rings (SSSR count). The van der Waals surface area contributed by atoms with Gasteiger partial charge in [0.25, 0.3) is 0 Å². The van der Waals surface area contributed by atoms with Crippen LogP contribution in [0, 0.1) is 6.92 Å². The molecule has 0 aliphatic carbocycles. The van der Waals surface area contributed by atoms with Gasteiger partial charge in [0.05, 0.1) is 16.3 Å². The van der Waals surface area contributed by atoms with Crippen molar-refractivity contribution in [2.45, 2.75) is 19.9 Å². The van der Waals surface area contributed by atoms with Gasteiger partial charge in [0.2, 0.25) is 5.91 Å². The Kier molecular flexibility index (Phi) is 4.45. The molecule has 0 aliphatic heterocycles. The Morgan fingerprint density at radius 2 is 2.24 bits per heavy atom. The van der Waals surface area contributed by atoms with E-state index in [1.54, 1.807) is 6.92 Å². The lowest BCUT2D eigenvalue weighted by Gasteiger charge is -2.03. The molecule has 1 amide bonds. The second-order valence-corrected chi connectivity index (χ2v) is 4.75. The van der Waals surface area contributed by atoms with Crippen LogP contribution in [0.3, 0.4) is 0 Å². The quantitative estimate of drug-likeness (QED) is 0.881. The minimum absolute atomic E-state index is 0. The molecule has 0 fully saturated rings. The fourth-order valence-electron chi connectivity index (χ4n) is 1.36. The van der Waals surface area contributed by atoms with Gasteiger partial charge in [0.1, 0.15) is 0 Å². The van der Waals surface area contributed by atoms with E-state index in [4.69, 9.17) is 5.73 Å². The van der Waals surface area contributed by atoms with Gasteiger partial charge in [-0.1, -0.05) is 23.5 Å². The van der Waals surface area contributed by atoms with Gasteiger partial charge in [0.15, 0.2) is 5.13 Å². The summed E-state index contributed by atoms with van der Waals surface area (Å²) in [6.45, 7) is 3.65. The molecule has 1 aromatic heterocycles. The largest absolute Gasteiger partial charge is 0.320 e. The molecule has 6 heteroatoms. The number of nitrogens with two attached hydrogens (primary N) is 1. The molecule has 0 unspecified atom stereocenters. The van der Waals surface area contributed by atoms with Crippen LogP contribution in [0.15, 0.2) is 18.2 Å². The molecular weight excluding hydrogens is 258 g/mol. The first-order valence-corrected chi connectivity index (χ1v) is 5.82. The molecular formula is C11H14ClN3OS. The maximum absolute atomic E-state index is 11.4. The molecule has 0 bridgehead atoms. The lowest BCUT2D eigenvalue weighted by molar-refractivity contribution is -0.117. The molecule has 0 spiro atoms. The third-order valence-corrected chi connectivity index (χ3v) is 3.20. The smallest absolute Gasteiger partial charge is 0.242 e. The lowest BCUT2D eigenvalue weighted by atomic mass is 10.2. The topological polar surface area (TPSA) is 68.0 Å². The number of fused-ring (bicyclic) bond motifs is 1. The zero-order chi connectivity index (χ0) is 11.7. The van der Waals surface area contributed by atoms with Gasteiger partial charge in [-0.3, -0.25) is 4.79 Å². The summed E-state index contributed by atoms with van der Waals surface area (Å²) in [6.07, 6.45) is 0. The number of thiazole rings is 1. The molecule has 17 heavy (non-hydrogen) atoms. The van der Waals surface area contributed by atoms with E-state index in [1.165, 1.54) is 11.3 Å². The third kappa shape index (κ3) is 2.94. The maximum atomic E-state index is 11.4. The van der Waals surface area contributed by atoms with Gasteiger partial charge < -0.3 is 11.1 Å². The highest BCUT2D eigenvalue weighted by molar-refractivity contribution is 7.22. The zero-order valence-corrected chi connectivity index (χ0v) is 11.2. The number of hydrogen-bond donors (Lipinski definition) is 2.